The summed E-state index contributed by atoms with van der Waals surface area (Å²) in [5, 5.41) is 6.79. The second-order valence-electron chi connectivity index (χ2n) is 7.32. The van der Waals surface area contributed by atoms with E-state index < -0.39 is 10.8 Å². The summed E-state index contributed by atoms with van der Waals surface area (Å²) in [4.78, 5) is 28.1. The number of carbonyl (C=O) groups excluding carboxylic acids is 2. The van der Waals surface area contributed by atoms with E-state index in [1.165, 1.54) is 14.2 Å². The predicted octanol–water partition coefficient (Wildman–Crippen LogP) is 2.42. The molecule has 0 radical (unpaired) electrons. The van der Waals surface area contributed by atoms with Crippen LogP contribution in [0.3, 0.4) is 0 Å². The number of hydrogen-bond acceptors (Lipinski definition) is 6. The van der Waals surface area contributed by atoms with Gasteiger partial charge in [0, 0.05) is 29.6 Å². The van der Waals surface area contributed by atoms with Crippen LogP contribution in [0.5, 0.6) is 11.5 Å². The molecule has 1 aromatic heterocycles. The van der Waals surface area contributed by atoms with Crippen molar-refractivity contribution in [1.82, 2.24) is 14.7 Å². The fourth-order valence-electron chi connectivity index (χ4n) is 3.93. The number of methoxy groups -OCH3 is 2. The number of nitrogens with zero attached hydrogens (tertiary/aromatic N) is 3. The fraction of sp³-hybridized carbons (Fsp3) is 0.421. The van der Waals surface area contributed by atoms with Gasteiger partial charge in [-0.2, -0.15) is 5.10 Å². The standard InChI is InChI=1S/C19H22N4O4S/c1-19(2)15(16(24)20-12-8-9-22(3)21-12)23-17(25)13-10(18(23)28-19)6-7-11(26-4)14(13)27-5/h6-9,15,18H,1-5H3,(H,20,21,24)/t15-,18-/m0/s1. The van der Waals surface area contributed by atoms with Crippen molar-refractivity contribution in [2.24, 2.45) is 7.05 Å². The quantitative estimate of drug-likeness (QED) is 0.845. The number of aryl methyl sites for hydroxylation is 1. The first-order valence-electron chi connectivity index (χ1n) is 8.84. The third-order valence-electron chi connectivity index (χ3n) is 5.11. The molecule has 0 saturated carbocycles. The lowest BCUT2D eigenvalue weighted by molar-refractivity contribution is -0.121. The van der Waals surface area contributed by atoms with E-state index in [0.717, 1.165) is 5.56 Å². The number of benzene rings is 1. The highest BCUT2D eigenvalue weighted by molar-refractivity contribution is 8.01. The molecule has 9 heteroatoms. The van der Waals surface area contributed by atoms with Crippen LogP contribution in [0.4, 0.5) is 5.82 Å². The van der Waals surface area contributed by atoms with Crippen molar-refractivity contribution >= 4 is 29.4 Å². The summed E-state index contributed by atoms with van der Waals surface area (Å²) in [6.07, 6.45) is 1.75. The largest absolute Gasteiger partial charge is 0.493 e. The van der Waals surface area contributed by atoms with E-state index in [1.54, 1.807) is 46.7 Å². The molecule has 28 heavy (non-hydrogen) atoms. The zero-order valence-corrected chi connectivity index (χ0v) is 17.2. The molecule has 0 bridgehead atoms. The van der Waals surface area contributed by atoms with Crippen LogP contribution < -0.4 is 14.8 Å². The maximum absolute atomic E-state index is 13.4. The Morgan fingerprint density at radius 1 is 1.25 bits per heavy atom. The molecule has 2 aliphatic rings. The third-order valence-corrected chi connectivity index (χ3v) is 6.65. The molecule has 1 saturated heterocycles. The van der Waals surface area contributed by atoms with E-state index in [1.807, 2.05) is 19.9 Å². The lowest BCUT2D eigenvalue weighted by Gasteiger charge is -2.29. The lowest BCUT2D eigenvalue weighted by atomic mass is 10.0. The van der Waals surface area contributed by atoms with Gasteiger partial charge in [-0.1, -0.05) is 6.07 Å². The van der Waals surface area contributed by atoms with Crippen LogP contribution in [0.1, 0.15) is 35.1 Å². The molecule has 1 N–H and O–H groups in total. The number of fused-ring (bicyclic) bond motifs is 3. The van der Waals surface area contributed by atoms with Gasteiger partial charge in [-0.25, -0.2) is 0 Å². The first kappa shape index (κ1) is 18.7. The van der Waals surface area contributed by atoms with Crippen molar-refractivity contribution in [3.8, 4) is 11.5 Å². The number of aromatic nitrogens is 2. The van der Waals surface area contributed by atoms with Crippen LogP contribution in [-0.4, -0.2) is 51.5 Å². The van der Waals surface area contributed by atoms with Gasteiger partial charge in [0.25, 0.3) is 5.91 Å². The molecule has 0 spiro atoms. The molecule has 1 aromatic carbocycles. The van der Waals surface area contributed by atoms with Crippen LogP contribution in [0.25, 0.3) is 0 Å². The monoisotopic (exact) mass is 402 g/mol. The summed E-state index contributed by atoms with van der Waals surface area (Å²) in [6.45, 7) is 3.96. The Balaban J connectivity index is 1.73. The van der Waals surface area contributed by atoms with Gasteiger partial charge in [0.2, 0.25) is 5.91 Å². The number of thioether (sulfide) groups is 1. The predicted molar refractivity (Wildman–Crippen MR) is 106 cm³/mol. The second-order valence-corrected chi connectivity index (χ2v) is 9.05. The van der Waals surface area contributed by atoms with E-state index in [2.05, 4.69) is 10.4 Å². The number of nitrogens with one attached hydrogen (secondary N) is 1. The summed E-state index contributed by atoms with van der Waals surface area (Å²) >= 11 is 1.59. The van der Waals surface area contributed by atoms with Crippen LogP contribution in [0.15, 0.2) is 24.4 Å². The third kappa shape index (κ3) is 2.64. The average molecular weight is 402 g/mol. The fourth-order valence-corrected chi connectivity index (χ4v) is 5.51. The minimum Gasteiger partial charge on any atom is -0.493 e. The van der Waals surface area contributed by atoms with Crippen LogP contribution in [0.2, 0.25) is 0 Å². The normalized spacial score (nSPS) is 22.0. The number of ether oxygens (including phenoxy) is 2. The van der Waals surface area contributed by atoms with Crippen molar-refractivity contribution in [2.45, 2.75) is 30.0 Å². The molecule has 4 rings (SSSR count). The van der Waals surface area contributed by atoms with Crippen molar-refractivity contribution in [1.29, 1.82) is 0 Å². The van der Waals surface area contributed by atoms with Gasteiger partial charge < -0.3 is 19.7 Å². The van der Waals surface area contributed by atoms with E-state index in [0.29, 0.717) is 22.9 Å². The number of carbonyl (C=O) groups is 2. The number of hydrogen-bond donors (Lipinski definition) is 1. The molecular weight excluding hydrogens is 380 g/mol. The Hall–Kier alpha value is -2.68. The zero-order valence-electron chi connectivity index (χ0n) is 16.3. The average Bonchev–Trinajstić information content (AvgIpc) is 3.26. The molecule has 148 valence electrons. The van der Waals surface area contributed by atoms with Gasteiger partial charge in [-0.3, -0.25) is 14.3 Å². The van der Waals surface area contributed by atoms with Crippen molar-refractivity contribution < 1.29 is 19.1 Å². The Labute approximate surface area is 167 Å². The SMILES string of the molecule is COc1ccc2c(c1OC)C(=O)N1[C@@H](C(=O)Nc3ccn(C)n3)C(C)(C)S[C@@H]21. The van der Waals surface area contributed by atoms with Crippen molar-refractivity contribution in [3.63, 3.8) is 0 Å². The second kappa shape index (κ2) is 6.44. The van der Waals surface area contributed by atoms with Gasteiger partial charge in [0.1, 0.15) is 11.4 Å². The van der Waals surface area contributed by atoms with Gasteiger partial charge in [0.15, 0.2) is 17.3 Å². The van der Waals surface area contributed by atoms with Crippen LogP contribution in [-0.2, 0) is 11.8 Å². The highest BCUT2D eigenvalue weighted by atomic mass is 32.2. The minimum atomic E-state index is -0.653. The van der Waals surface area contributed by atoms with E-state index in [9.17, 15) is 9.59 Å². The number of anilines is 1. The lowest BCUT2D eigenvalue weighted by Crippen LogP contribution is -2.50. The summed E-state index contributed by atoms with van der Waals surface area (Å²) in [5.74, 6) is 0.872. The van der Waals surface area contributed by atoms with Crippen LogP contribution >= 0.6 is 11.8 Å². The molecule has 2 aliphatic heterocycles. The van der Waals surface area contributed by atoms with E-state index in [4.69, 9.17) is 9.47 Å². The molecule has 2 amide bonds. The molecule has 3 heterocycles. The first-order chi connectivity index (χ1) is 13.3. The Morgan fingerprint density at radius 3 is 2.61 bits per heavy atom. The Kier molecular flexibility index (Phi) is 4.29. The highest BCUT2D eigenvalue weighted by Gasteiger charge is 2.58. The summed E-state index contributed by atoms with van der Waals surface area (Å²) < 4.78 is 11.9. The Bertz CT molecular complexity index is 971. The molecule has 2 atom stereocenters. The van der Waals surface area contributed by atoms with Gasteiger partial charge in [0.05, 0.1) is 19.8 Å². The molecule has 0 aliphatic carbocycles. The van der Waals surface area contributed by atoms with E-state index >= 15 is 0 Å². The summed E-state index contributed by atoms with van der Waals surface area (Å²) in [5.41, 5.74) is 1.30. The van der Waals surface area contributed by atoms with Gasteiger partial charge in [-0.15, -0.1) is 11.8 Å². The highest BCUT2D eigenvalue weighted by Crippen LogP contribution is 2.58. The molecule has 2 aromatic rings. The topological polar surface area (TPSA) is 85.7 Å². The number of rotatable bonds is 4. The number of amides is 2. The van der Waals surface area contributed by atoms with Crippen LogP contribution in [0, 0.1) is 0 Å². The van der Waals surface area contributed by atoms with Crippen molar-refractivity contribution in [2.75, 3.05) is 19.5 Å². The first-order valence-corrected chi connectivity index (χ1v) is 9.72. The molecule has 1 fully saturated rings. The van der Waals surface area contributed by atoms with Crippen molar-refractivity contribution in [3.05, 3.63) is 35.5 Å². The Morgan fingerprint density at radius 2 is 2.00 bits per heavy atom. The summed E-state index contributed by atoms with van der Waals surface area (Å²) in [6, 6.07) is 4.74. The van der Waals surface area contributed by atoms with Gasteiger partial charge >= 0.3 is 0 Å². The molecular formula is C19H22N4O4S. The maximum Gasteiger partial charge on any atom is 0.260 e. The maximum atomic E-state index is 13.4. The molecule has 8 nitrogen and oxygen atoms in total. The zero-order chi connectivity index (χ0) is 20.2. The summed E-state index contributed by atoms with van der Waals surface area (Å²) in [7, 11) is 4.82. The minimum absolute atomic E-state index is 0.227. The smallest absolute Gasteiger partial charge is 0.260 e. The molecule has 0 unspecified atom stereocenters. The van der Waals surface area contributed by atoms with Gasteiger partial charge in [-0.05, 0) is 19.9 Å². The van der Waals surface area contributed by atoms with E-state index in [-0.39, 0.29) is 17.2 Å².